The zero-order chi connectivity index (χ0) is 15.2. The first kappa shape index (κ1) is 16.2. The lowest BCUT2D eigenvalue weighted by Crippen LogP contribution is -2.25. The van der Waals surface area contributed by atoms with Crippen molar-refractivity contribution in [3.63, 3.8) is 0 Å². The minimum Gasteiger partial charge on any atom is -0.396 e. The van der Waals surface area contributed by atoms with E-state index in [0.29, 0.717) is 18.4 Å². The van der Waals surface area contributed by atoms with E-state index in [1.165, 1.54) is 0 Å². The van der Waals surface area contributed by atoms with E-state index >= 15 is 0 Å². The smallest absolute Gasteiger partial charge is 0.146 e. The molecule has 1 fully saturated rings. The van der Waals surface area contributed by atoms with Crippen LogP contribution in [0.2, 0.25) is 0 Å². The molecule has 0 aliphatic carbocycles. The number of rotatable bonds is 7. The third-order valence-electron chi connectivity index (χ3n) is 4.08. The van der Waals surface area contributed by atoms with Gasteiger partial charge >= 0.3 is 0 Å². The molecular formula is C17H27FN2O. The van der Waals surface area contributed by atoms with Crippen LogP contribution < -0.4 is 10.2 Å². The van der Waals surface area contributed by atoms with Crippen LogP contribution in [-0.4, -0.2) is 31.3 Å². The third-order valence-corrected chi connectivity index (χ3v) is 4.08. The molecular weight excluding hydrogens is 267 g/mol. The van der Waals surface area contributed by atoms with E-state index < -0.39 is 0 Å². The van der Waals surface area contributed by atoms with Crippen LogP contribution >= 0.6 is 0 Å². The maximum atomic E-state index is 14.3. The van der Waals surface area contributed by atoms with Crippen molar-refractivity contribution in [2.45, 2.75) is 33.2 Å². The van der Waals surface area contributed by atoms with Crippen LogP contribution in [0.25, 0.3) is 0 Å². The summed E-state index contributed by atoms with van der Waals surface area (Å²) < 4.78 is 14.3. The van der Waals surface area contributed by atoms with Crippen LogP contribution in [0.1, 0.15) is 32.3 Å². The van der Waals surface area contributed by atoms with Crippen molar-refractivity contribution in [1.29, 1.82) is 0 Å². The first-order valence-corrected chi connectivity index (χ1v) is 7.95. The van der Waals surface area contributed by atoms with Crippen molar-refractivity contribution < 1.29 is 9.50 Å². The predicted molar refractivity (Wildman–Crippen MR) is 85.0 cm³/mol. The summed E-state index contributed by atoms with van der Waals surface area (Å²) in [6.07, 6.45) is 1.85. The number of anilines is 1. The van der Waals surface area contributed by atoms with Gasteiger partial charge in [-0.25, -0.2) is 4.39 Å². The van der Waals surface area contributed by atoms with Crippen molar-refractivity contribution in [3.05, 3.63) is 29.6 Å². The van der Waals surface area contributed by atoms with Gasteiger partial charge in [0.25, 0.3) is 0 Å². The Bertz CT molecular complexity index is 450. The normalized spacial score (nSPS) is 18.7. The molecule has 0 saturated carbocycles. The topological polar surface area (TPSA) is 35.5 Å². The van der Waals surface area contributed by atoms with Gasteiger partial charge in [0.15, 0.2) is 0 Å². The van der Waals surface area contributed by atoms with Gasteiger partial charge in [0.2, 0.25) is 0 Å². The van der Waals surface area contributed by atoms with Crippen molar-refractivity contribution >= 4 is 5.69 Å². The molecule has 4 heteroatoms. The lowest BCUT2D eigenvalue weighted by Gasteiger charge is -2.23. The molecule has 118 valence electrons. The van der Waals surface area contributed by atoms with Crippen LogP contribution in [0.3, 0.4) is 0 Å². The quantitative estimate of drug-likeness (QED) is 0.812. The molecule has 21 heavy (non-hydrogen) atoms. The Kier molecular flexibility index (Phi) is 6.00. The van der Waals surface area contributed by atoms with Gasteiger partial charge in [0.1, 0.15) is 5.82 Å². The largest absolute Gasteiger partial charge is 0.396 e. The average Bonchev–Trinajstić information content (AvgIpc) is 2.87. The summed E-state index contributed by atoms with van der Waals surface area (Å²) in [7, 11) is 0. The molecule has 1 aliphatic rings. The number of aliphatic hydroxyl groups excluding tert-OH is 1. The molecule has 0 spiro atoms. The number of benzene rings is 1. The summed E-state index contributed by atoms with van der Waals surface area (Å²) in [5, 5.41) is 12.5. The molecule has 2 N–H and O–H groups in total. The van der Waals surface area contributed by atoms with Crippen molar-refractivity contribution in [2.24, 2.45) is 11.8 Å². The van der Waals surface area contributed by atoms with Crippen LogP contribution in [0.15, 0.2) is 18.2 Å². The Labute approximate surface area is 127 Å². The summed E-state index contributed by atoms with van der Waals surface area (Å²) in [6, 6.07) is 5.33. The number of nitrogens with one attached hydrogen (secondary N) is 1. The van der Waals surface area contributed by atoms with Gasteiger partial charge in [0, 0.05) is 26.2 Å². The summed E-state index contributed by atoms with van der Waals surface area (Å²) in [5.41, 5.74) is 1.77. The molecule has 0 radical (unpaired) electrons. The van der Waals surface area contributed by atoms with Crippen LogP contribution in [0.4, 0.5) is 10.1 Å². The summed E-state index contributed by atoms with van der Waals surface area (Å²) in [6.45, 7) is 7.91. The molecule has 2 rings (SSSR count). The number of hydrogen-bond acceptors (Lipinski definition) is 3. The van der Waals surface area contributed by atoms with Gasteiger partial charge in [-0.2, -0.15) is 0 Å². The second kappa shape index (κ2) is 7.76. The second-order valence-electron chi connectivity index (χ2n) is 6.39. The second-order valence-corrected chi connectivity index (χ2v) is 6.39. The lowest BCUT2D eigenvalue weighted by molar-refractivity contribution is 0.263. The highest BCUT2D eigenvalue weighted by Gasteiger charge is 2.25. The third kappa shape index (κ3) is 4.42. The fourth-order valence-electron chi connectivity index (χ4n) is 3.01. The molecule has 1 aromatic carbocycles. The maximum absolute atomic E-state index is 14.3. The van der Waals surface area contributed by atoms with Crippen LogP contribution in [-0.2, 0) is 6.54 Å². The van der Waals surface area contributed by atoms with Crippen LogP contribution in [0, 0.1) is 17.7 Å². The highest BCUT2D eigenvalue weighted by atomic mass is 19.1. The van der Waals surface area contributed by atoms with Gasteiger partial charge in [-0.3, -0.25) is 0 Å². The van der Waals surface area contributed by atoms with Crippen molar-refractivity contribution in [3.8, 4) is 0 Å². The van der Waals surface area contributed by atoms with E-state index in [9.17, 15) is 4.39 Å². The number of aliphatic hydroxyl groups is 1. The Balaban J connectivity index is 2.07. The summed E-state index contributed by atoms with van der Waals surface area (Å²) >= 11 is 0. The monoisotopic (exact) mass is 294 g/mol. The van der Waals surface area contributed by atoms with Crippen molar-refractivity contribution in [1.82, 2.24) is 5.32 Å². The Morgan fingerprint density at radius 3 is 2.95 bits per heavy atom. The fraction of sp³-hybridized carbons (Fsp3) is 0.647. The molecule has 1 saturated heterocycles. The number of halogens is 1. The van der Waals surface area contributed by atoms with Gasteiger partial charge in [-0.05, 0) is 42.9 Å². The Morgan fingerprint density at radius 2 is 2.24 bits per heavy atom. The molecule has 3 nitrogen and oxygen atoms in total. The van der Waals surface area contributed by atoms with E-state index in [4.69, 9.17) is 5.11 Å². The van der Waals surface area contributed by atoms with E-state index in [1.807, 2.05) is 6.07 Å². The molecule has 0 amide bonds. The van der Waals surface area contributed by atoms with Gasteiger partial charge in [-0.1, -0.05) is 26.0 Å². The molecule has 1 atom stereocenters. The maximum Gasteiger partial charge on any atom is 0.146 e. The van der Waals surface area contributed by atoms with Gasteiger partial charge in [0.05, 0.1) is 5.69 Å². The zero-order valence-electron chi connectivity index (χ0n) is 13.1. The highest BCUT2D eigenvalue weighted by molar-refractivity contribution is 5.55. The minimum absolute atomic E-state index is 0.136. The molecule has 0 aromatic heterocycles. The van der Waals surface area contributed by atoms with Gasteiger partial charge in [-0.15, -0.1) is 0 Å². The summed E-state index contributed by atoms with van der Waals surface area (Å²) in [4.78, 5) is 2.14. The van der Waals surface area contributed by atoms with E-state index in [2.05, 4.69) is 24.1 Å². The first-order chi connectivity index (χ1) is 10.1. The van der Waals surface area contributed by atoms with E-state index in [0.717, 1.165) is 43.7 Å². The fourth-order valence-corrected chi connectivity index (χ4v) is 3.01. The average molecular weight is 294 g/mol. The number of hydrogen-bond donors (Lipinski definition) is 2. The summed E-state index contributed by atoms with van der Waals surface area (Å²) in [5.74, 6) is 0.928. The molecule has 0 bridgehead atoms. The zero-order valence-corrected chi connectivity index (χ0v) is 13.1. The molecule has 1 aliphatic heterocycles. The minimum atomic E-state index is -0.136. The molecule has 1 unspecified atom stereocenters. The number of para-hydroxylation sites is 1. The Morgan fingerprint density at radius 1 is 1.43 bits per heavy atom. The number of nitrogens with zero attached hydrogens (tertiary/aromatic N) is 1. The van der Waals surface area contributed by atoms with Gasteiger partial charge < -0.3 is 15.3 Å². The van der Waals surface area contributed by atoms with Crippen molar-refractivity contribution in [2.75, 3.05) is 31.1 Å². The molecule has 1 aromatic rings. The molecule has 1 heterocycles. The SMILES string of the molecule is CC(C)CNCc1cccc(F)c1N1CCC(CCO)C1. The highest BCUT2D eigenvalue weighted by Crippen LogP contribution is 2.30. The predicted octanol–water partition coefficient (Wildman–Crippen LogP) is 2.78. The standard InChI is InChI=1S/C17H27FN2O/c1-13(2)10-19-11-15-4-3-5-16(18)17(15)20-8-6-14(12-20)7-9-21/h3-5,13-14,19,21H,6-12H2,1-2H3. The first-order valence-electron chi connectivity index (χ1n) is 7.95. The van der Waals surface area contributed by atoms with E-state index in [1.54, 1.807) is 12.1 Å². The van der Waals surface area contributed by atoms with E-state index in [-0.39, 0.29) is 12.4 Å². The Hall–Kier alpha value is -1.13. The lowest BCUT2D eigenvalue weighted by atomic mass is 10.1. The van der Waals surface area contributed by atoms with Crippen LogP contribution in [0.5, 0.6) is 0 Å².